The number of carbonyl (C=O) groups excluding carboxylic acids is 3. The number of aliphatic hydroxyl groups excluding tert-OH is 1. The van der Waals surface area contributed by atoms with Crippen LogP contribution in [0.1, 0.15) is 12.0 Å². The SMILES string of the molecule is NC(=O)[C@H]1CN(c2ccc(C3=CCN(C(=O)CO)CC3)c(F)c2)C(=O)O1. The largest absolute Gasteiger partial charge is 0.434 e. The quantitative estimate of drug-likeness (QED) is 0.796. The van der Waals surface area contributed by atoms with E-state index >= 15 is 0 Å². The van der Waals surface area contributed by atoms with E-state index in [1.54, 1.807) is 18.2 Å². The third kappa shape index (κ3) is 3.38. The molecular formula is C17H18FN3O5. The Bertz CT molecular complexity index is 795. The second kappa shape index (κ2) is 7.12. The monoisotopic (exact) mass is 363 g/mol. The Labute approximate surface area is 148 Å². The maximum absolute atomic E-state index is 14.6. The summed E-state index contributed by atoms with van der Waals surface area (Å²) in [5.74, 6) is -1.65. The fraction of sp³-hybridized carbons (Fsp3) is 0.353. The highest BCUT2D eigenvalue weighted by molar-refractivity contribution is 5.95. The third-order valence-electron chi connectivity index (χ3n) is 4.44. The first-order chi connectivity index (χ1) is 12.4. The number of primary amides is 1. The van der Waals surface area contributed by atoms with E-state index in [0.29, 0.717) is 25.1 Å². The van der Waals surface area contributed by atoms with Gasteiger partial charge in [-0.05, 0) is 30.2 Å². The van der Waals surface area contributed by atoms with E-state index in [0.717, 1.165) is 10.5 Å². The zero-order valence-electron chi connectivity index (χ0n) is 13.9. The molecule has 0 bridgehead atoms. The van der Waals surface area contributed by atoms with Gasteiger partial charge in [-0.2, -0.15) is 0 Å². The molecule has 138 valence electrons. The molecule has 1 atom stereocenters. The number of nitrogens with zero attached hydrogens (tertiary/aromatic N) is 2. The van der Waals surface area contributed by atoms with Crippen molar-refractivity contribution in [2.24, 2.45) is 5.73 Å². The fourth-order valence-corrected chi connectivity index (χ4v) is 2.99. The maximum atomic E-state index is 14.6. The first-order valence-electron chi connectivity index (χ1n) is 8.05. The van der Waals surface area contributed by atoms with E-state index in [1.807, 2.05) is 0 Å². The molecule has 0 radical (unpaired) electrons. The summed E-state index contributed by atoms with van der Waals surface area (Å²) in [6, 6.07) is 4.31. The number of benzene rings is 1. The second-order valence-corrected chi connectivity index (χ2v) is 6.03. The van der Waals surface area contributed by atoms with Crippen molar-refractivity contribution in [3.8, 4) is 0 Å². The van der Waals surface area contributed by atoms with Crippen LogP contribution in [0.15, 0.2) is 24.3 Å². The lowest BCUT2D eigenvalue weighted by atomic mass is 9.98. The lowest BCUT2D eigenvalue weighted by molar-refractivity contribution is -0.133. The number of halogens is 1. The van der Waals surface area contributed by atoms with Crippen LogP contribution in [0, 0.1) is 5.82 Å². The van der Waals surface area contributed by atoms with Crippen molar-refractivity contribution in [2.45, 2.75) is 12.5 Å². The van der Waals surface area contributed by atoms with Crippen LogP contribution in [0.3, 0.4) is 0 Å². The van der Waals surface area contributed by atoms with Crippen LogP contribution in [-0.4, -0.2) is 60.3 Å². The summed E-state index contributed by atoms with van der Waals surface area (Å²) in [6.07, 6.45) is 0.386. The molecule has 2 heterocycles. The molecule has 1 aromatic carbocycles. The van der Waals surface area contributed by atoms with E-state index < -0.39 is 30.5 Å². The van der Waals surface area contributed by atoms with E-state index in [9.17, 15) is 18.8 Å². The van der Waals surface area contributed by atoms with Crippen molar-refractivity contribution in [3.63, 3.8) is 0 Å². The number of rotatable bonds is 4. The number of nitrogens with two attached hydrogens (primary N) is 1. The zero-order valence-corrected chi connectivity index (χ0v) is 13.9. The van der Waals surface area contributed by atoms with Crippen molar-refractivity contribution in [2.75, 3.05) is 31.1 Å². The van der Waals surface area contributed by atoms with Crippen LogP contribution in [0.5, 0.6) is 0 Å². The number of carbonyl (C=O) groups is 3. The molecule has 0 aromatic heterocycles. The predicted molar refractivity (Wildman–Crippen MR) is 89.5 cm³/mol. The minimum absolute atomic E-state index is 0.0616. The molecule has 1 saturated heterocycles. The lowest BCUT2D eigenvalue weighted by Gasteiger charge is -2.26. The van der Waals surface area contributed by atoms with E-state index in [2.05, 4.69) is 0 Å². The van der Waals surface area contributed by atoms with Crippen molar-refractivity contribution < 1.29 is 28.6 Å². The Hall–Kier alpha value is -2.94. The molecule has 3 N–H and O–H groups in total. The average molecular weight is 363 g/mol. The first kappa shape index (κ1) is 17.9. The van der Waals surface area contributed by atoms with E-state index in [1.165, 1.54) is 11.0 Å². The summed E-state index contributed by atoms with van der Waals surface area (Å²) < 4.78 is 19.4. The van der Waals surface area contributed by atoms with Crippen LogP contribution in [0.2, 0.25) is 0 Å². The first-order valence-corrected chi connectivity index (χ1v) is 8.05. The number of amides is 3. The standard InChI is InChI=1S/C17H18FN3O5/c18-13-7-11(21-8-14(16(19)24)26-17(21)25)1-2-12(13)10-3-5-20(6-4-10)15(23)9-22/h1-3,7,14,22H,4-6,8-9H2,(H2,19,24)/t14-/m1/s1. The number of anilines is 1. The third-order valence-corrected chi connectivity index (χ3v) is 4.44. The van der Waals surface area contributed by atoms with Crippen LogP contribution in [0.4, 0.5) is 14.9 Å². The smallest absolute Gasteiger partial charge is 0.415 e. The molecule has 9 heteroatoms. The highest BCUT2D eigenvalue weighted by Gasteiger charge is 2.36. The van der Waals surface area contributed by atoms with Gasteiger partial charge in [-0.1, -0.05) is 6.08 Å². The van der Waals surface area contributed by atoms with Crippen molar-refractivity contribution in [1.29, 1.82) is 0 Å². The molecule has 1 aromatic rings. The van der Waals surface area contributed by atoms with Gasteiger partial charge in [-0.3, -0.25) is 14.5 Å². The van der Waals surface area contributed by atoms with Gasteiger partial charge in [0.05, 0.1) is 12.2 Å². The molecule has 3 amide bonds. The number of cyclic esters (lactones) is 1. The maximum Gasteiger partial charge on any atom is 0.415 e. The predicted octanol–water partition coefficient (Wildman–Crippen LogP) is 0.244. The van der Waals surface area contributed by atoms with E-state index in [4.69, 9.17) is 15.6 Å². The summed E-state index contributed by atoms with van der Waals surface area (Å²) in [7, 11) is 0. The number of hydrogen-bond acceptors (Lipinski definition) is 5. The van der Waals surface area contributed by atoms with Gasteiger partial charge >= 0.3 is 6.09 Å². The summed E-state index contributed by atoms with van der Waals surface area (Å²) in [5, 5.41) is 8.88. The van der Waals surface area contributed by atoms with Gasteiger partial charge in [0.15, 0.2) is 6.10 Å². The minimum Gasteiger partial charge on any atom is -0.434 e. The molecule has 2 aliphatic rings. The van der Waals surface area contributed by atoms with Crippen molar-refractivity contribution in [3.05, 3.63) is 35.7 Å². The molecule has 8 nitrogen and oxygen atoms in total. The van der Waals surface area contributed by atoms with Crippen LogP contribution in [0.25, 0.3) is 5.57 Å². The van der Waals surface area contributed by atoms with Gasteiger partial charge < -0.3 is 20.5 Å². The molecule has 0 saturated carbocycles. The zero-order chi connectivity index (χ0) is 18.8. The molecule has 1 fully saturated rings. The summed E-state index contributed by atoms with van der Waals surface area (Å²) in [6.45, 7) is 0.0815. The Balaban J connectivity index is 1.77. The topological polar surface area (TPSA) is 113 Å². The van der Waals surface area contributed by atoms with Crippen LogP contribution >= 0.6 is 0 Å². The Kier molecular flexibility index (Phi) is 4.90. The number of hydrogen-bond donors (Lipinski definition) is 2. The number of aliphatic hydroxyl groups is 1. The molecule has 3 rings (SSSR count). The lowest BCUT2D eigenvalue weighted by Crippen LogP contribution is -2.36. The van der Waals surface area contributed by atoms with Crippen molar-refractivity contribution >= 4 is 29.2 Å². The van der Waals surface area contributed by atoms with Gasteiger partial charge in [0.25, 0.3) is 5.91 Å². The second-order valence-electron chi connectivity index (χ2n) is 6.03. The normalized spacial score (nSPS) is 20.0. The molecule has 26 heavy (non-hydrogen) atoms. The molecule has 0 unspecified atom stereocenters. The molecule has 0 spiro atoms. The Morgan fingerprint density at radius 2 is 2.15 bits per heavy atom. The van der Waals surface area contributed by atoms with Crippen LogP contribution in [-0.2, 0) is 14.3 Å². The summed E-state index contributed by atoms with van der Waals surface area (Å²) >= 11 is 0. The highest BCUT2D eigenvalue weighted by Crippen LogP contribution is 2.29. The van der Waals surface area contributed by atoms with Gasteiger partial charge in [-0.15, -0.1) is 0 Å². The van der Waals surface area contributed by atoms with Gasteiger partial charge in [0.1, 0.15) is 12.4 Å². The molecule has 0 aliphatic carbocycles. The average Bonchev–Trinajstić information content (AvgIpc) is 3.03. The van der Waals surface area contributed by atoms with Gasteiger partial charge in [0.2, 0.25) is 5.91 Å². The fourth-order valence-electron chi connectivity index (χ4n) is 2.99. The van der Waals surface area contributed by atoms with E-state index in [-0.39, 0.29) is 18.1 Å². The minimum atomic E-state index is -1.05. The molecular weight excluding hydrogens is 345 g/mol. The van der Waals surface area contributed by atoms with Crippen LogP contribution < -0.4 is 10.6 Å². The Morgan fingerprint density at radius 3 is 2.69 bits per heavy atom. The van der Waals surface area contributed by atoms with Gasteiger partial charge in [0, 0.05) is 18.7 Å². The summed E-state index contributed by atoms with van der Waals surface area (Å²) in [4.78, 5) is 37.1. The Morgan fingerprint density at radius 1 is 1.38 bits per heavy atom. The number of ether oxygens (including phenoxy) is 1. The summed E-state index contributed by atoms with van der Waals surface area (Å²) in [5.41, 5.74) is 6.52. The van der Waals surface area contributed by atoms with Crippen molar-refractivity contribution in [1.82, 2.24) is 4.90 Å². The van der Waals surface area contributed by atoms with Gasteiger partial charge in [-0.25, -0.2) is 9.18 Å². The molecule has 2 aliphatic heterocycles. The highest BCUT2D eigenvalue weighted by atomic mass is 19.1.